The summed E-state index contributed by atoms with van der Waals surface area (Å²) in [5.74, 6) is -0.371. The summed E-state index contributed by atoms with van der Waals surface area (Å²) in [4.78, 5) is 24.0. The van der Waals surface area contributed by atoms with Crippen LogP contribution in [0.15, 0.2) is 60.7 Å². The van der Waals surface area contributed by atoms with Gasteiger partial charge in [-0.1, -0.05) is 54.6 Å². The Kier molecular flexibility index (Phi) is 4.75. The van der Waals surface area contributed by atoms with E-state index in [2.05, 4.69) is 40.2 Å². The number of benzene rings is 3. The van der Waals surface area contributed by atoms with Gasteiger partial charge in [0, 0.05) is 17.6 Å². The van der Waals surface area contributed by atoms with Crippen molar-refractivity contribution in [3.05, 3.63) is 77.4 Å². The topological polar surface area (TPSA) is 70.2 Å². The van der Waals surface area contributed by atoms with Crippen LogP contribution in [-0.2, 0) is 24.2 Å². The lowest BCUT2D eigenvalue weighted by Gasteiger charge is -2.12. The Morgan fingerprint density at radius 1 is 0.852 bits per heavy atom. The van der Waals surface area contributed by atoms with E-state index in [1.54, 1.807) is 0 Å². The molecular formula is C22H21N3O2. The molecule has 0 radical (unpaired) electrons. The summed E-state index contributed by atoms with van der Waals surface area (Å²) in [5, 5.41) is 10.6. The van der Waals surface area contributed by atoms with Crippen LogP contribution in [0.2, 0.25) is 0 Å². The molecule has 1 aliphatic carbocycles. The molecule has 0 saturated heterocycles. The summed E-state index contributed by atoms with van der Waals surface area (Å²) in [6.07, 6.45) is 2.14. The third-order valence-corrected chi connectivity index (χ3v) is 4.87. The second-order valence-corrected chi connectivity index (χ2v) is 6.68. The van der Waals surface area contributed by atoms with Crippen LogP contribution < -0.4 is 16.0 Å². The zero-order valence-electron chi connectivity index (χ0n) is 14.9. The summed E-state index contributed by atoms with van der Waals surface area (Å²) >= 11 is 0. The van der Waals surface area contributed by atoms with E-state index in [1.165, 1.54) is 16.5 Å². The third-order valence-electron chi connectivity index (χ3n) is 4.87. The predicted molar refractivity (Wildman–Crippen MR) is 107 cm³/mol. The average molecular weight is 359 g/mol. The van der Waals surface area contributed by atoms with Gasteiger partial charge >= 0.3 is 6.03 Å². The number of carbonyl (C=O) groups is 2. The highest BCUT2D eigenvalue weighted by atomic mass is 16.2. The Morgan fingerprint density at radius 3 is 2.44 bits per heavy atom. The van der Waals surface area contributed by atoms with Gasteiger partial charge in [0.25, 0.3) is 0 Å². The van der Waals surface area contributed by atoms with Crippen molar-refractivity contribution in [1.29, 1.82) is 0 Å². The third kappa shape index (κ3) is 3.77. The summed E-state index contributed by atoms with van der Waals surface area (Å²) < 4.78 is 0. The minimum atomic E-state index is -0.494. The molecule has 0 bridgehead atoms. The molecule has 3 N–H and O–H groups in total. The Hall–Kier alpha value is -3.34. The normalized spacial score (nSPS) is 12.0. The van der Waals surface area contributed by atoms with Gasteiger partial charge in [-0.2, -0.15) is 0 Å². The second-order valence-electron chi connectivity index (χ2n) is 6.68. The molecule has 0 atom stereocenters. The monoisotopic (exact) mass is 359 g/mol. The standard InChI is InChI=1S/C22H21N3O2/c26-20(25-22(27)24-13-15-5-2-1-3-6-15)14-23-19-12-11-17-10-9-16-7-4-8-18(19)21(16)17/h1-8,11-12,23H,9-10,13-14H2,(H2,24,25,26,27). The molecule has 3 aromatic carbocycles. The van der Waals surface area contributed by atoms with E-state index < -0.39 is 6.03 Å². The maximum Gasteiger partial charge on any atom is 0.321 e. The quantitative estimate of drug-likeness (QED) is 0.654. The molecule has 0 heterocycles. The first kappa shape index (κ1) is 17.1. The van der Waals surface area contributed by atoms with Crippen molar-refractivity contribution in [2.45, 2.75) is 19.4 Å². The van der Waals surface area contributed by atoms with Gasteiger partial charge in [0.15, 0.2) is 0 Å². The molecular weight excluding hydrogens is 338 g/mol. The fraction of sp³-hybridized carbons (Fsp3) is 0.182. The lowest BCUT2D eigenvalue weighted by molar-refractivity contribution is -0.118. The predicted octanol–water partition coefficient (Wildman–Crippen LogP) is 3.38. The number of anilines is 1. The van der Waals surface area contributed by atoms with Crippen LogP contribution in [-0.4, -0.2) is 18.5 Å². The number of carbonyl (C=O) groups excluding carboxylic acids is 2. The van der Waals surface area contributed by atoms with Crippen molar-refractivity contribution < 1.29 is 9.59 Å². The largest absolute Gasteiger partial charge is 0.376 e. The SMILES string of the molecule is O=C(CNc1ccc2c3c(cccc13)CC2)NC(=O)NCc1ccccc1. The molecule has 4 rings (SSSR count). The van der Waals surface area contributed by atoms with Crippen molar-refractivity contribution in [3.63, 3.8) is 0 Å². The van der Waals surface area contributed by atoms with E-state index in [-0.39, 0.29) is 12.5 Å². The molecule has 0 aliphatic heterocycles. The van der Waals surface area contributed by atoms with E-state index in [9.17, 15) is 9.59 Å². The van der Waals surface area contributed by atoms with Gasteiger partial charge in [-0.3, -0.25) is 10.1 Å². The molecule has 5 heteroatoms. The van der Waals surface area contributed by atoms with Gasteiger partial charge in [0.1, 0.15) is 0 Å². The first-order valence-electron chi connectivity index (χ1n) is 9.09. The van der Waals surface area contributed by atoms with Crippen molar-refractivity contribution in [2.24, 2.45) is 0 Å². The number of imide groups is 1. The molecule has 1 aliphatic rings. The first-order valence-corrected chi connectivity index (χ1v) is 9.09. The number of hydrogen-bond donors (Lipinski definition) is 3. The number of nitrogens with one attached hydrogen (secondary N) is 3. The van der Waals surface area contributed by atoms with E-state index in [4.69, 9.17) is 0 Å². The first-order chi connectivity index (χ1) is 13.2. The maximum absolute atomic E-state index is 12.1. The van der Waals surface area contributed by atoms with Crippen LogP contribution in [0.3, 0.4) is 0 Å². The molecule has 3 aromatic rings. The fourth-order valence-corrected chi connectivity index (χ4v) is 3.57. The van der Waals surface area contributed by atoms with Crippen molar-refractivity contribution >= 4 is 28.4 Å². The van der Waals surface area contributed by atoms with Crippen molar-refractivity contribution in [1.82, 2.24) is 10.6 Å². The minimum Gasteiger partial charge on any atom is -0.376 e. The Bertz CT molecular complexity index is 989. The Labute approximate surface area is 157 Å². The van der Waals surface area contributed by atoms with Gasteiger partial charge in [-0.25, -0.2) is 4.79 Å². The van der Waals surface area contributed by atoms with Gasteiger partial charge in [0.2, 0.25) is 5.91 Å². The summed E-state index contributed by atoms with van der Waals surface area (Å²) in [7, 11) is 0. The smallest absolute Gasteiger partial charge is 0.321 e. The second kappa shape index (κ2) is 7.50. The highest BCUT2D eigenvalue weighted by molar-refractivity contribution is 6.01. The Balaban J connectivity index is 1.33. The Morgan fingerprint density at radius 2 is 1.63 bits per heavy atom. The molecule has 136 valence electrons. The number of aryl methyl sites for hydroxylation is 2. The fourth-order valence-electron chi connectivity index (χ4n) is 3.57. The summed E-state index contributed by atoms with van der Waals surface area (Å²) in [6, 6.07) is 19.5. The number of rotatable bonds is 5. The van der Waals surface area contributed by atoms with E-state index in [1.807, 2.05) is 36.4 Å². The molecule has 0 spiro atoms. The number of hydrogen-bond acceptors (Lipinski definition) is 3. The molecule has 5 nitrogen and oxygen atoms in total. The van der Waals surface area contributed by atoms with Gasteiger partial charge < -0.3 is 10.6 Å². The van der Waals surface area contributed by atoms with E-state index in [0.29, 0.717) is 6.54 Å². The highest BCUT2D eigenvalue weighted by Crippen LogP contribution is 2.34. The lowest BCUT2D eigenvalue weighted by Crippen LogP contribution is -2.41. The molecule has 0 unspecified atom stereocenters. The highest BCUT2D eigenvalue weighted by Gasteiger charge is 2.16. The average Bonchev–Trinajstić information content (AvgIpc) is 3.12. The molecule has 0 saturated carbocycles. The van der Waals surface area contributed by atoms with Gasteiger partial charge in [-0.05, 0) is 41.0 Å². The summed E-state index contributed by atoms with van der Waals surface area (Å²) in [6.45, 7) is 0.416. The van der Waals surface area contributed by atoms with Gasteiger partial charge in [0.05, 0.1) is 6.54 Å². The zero-order chi connectivity index (χ0) is 18.6. The van der Waals surface area contributed by atoms with Crippen LogP contribution >= 0.6 is 0 Å². The molecule has 0 aromatic heterocycles. The lowest BCUT2D eigenvalue weighted by atomic mass is 10.0. The van der Waals surface area contributed by atoms with Crippen molar-refractivity contribution in [3.8, 4) is 0 Å². The molecule has 3 amide bonds. The van der Waals surface area contributed by atoms with Crippen LogP contribution in [0.1, 0.15) is 16.7 Å². The maximum atomic E-state index is 12.1. The van der Waals surface area contributed by atoms with Crippen LogP contribution in [0.5, 0.6) is 0 Å². The number of urea groups is 1. The number of amides is 3. The molecule has 27 heavy (non-hydrogen) atoms. The minimum absolute atomic E-state index is 0.0391. The van der Waals surface area contributed by atoms with Crippen LogP contribution in [0, 0.1) is 0 Å². The summed E-state index contributed by atoms with van der Waals surface area (Å²) in [5.41, 5.74) is 4.61. The zero-order valence-corrected chi connectivity index (χ0v) is 14.9. The van der Waals surface area contributed by atoms with E-state index in [0.717, 1.165) is 29.5 Å². The van der Waals surface area contributed by atoms with Crippen LogP contribution in [0.25, 0.3) is 10.8 Å². The molecule has 0 fully saturated rings. The van der Waals surface area contributed by atoms with E-state index >= 15 is 0 Å². The van der Waals surface area contributed by atoms with Gasteiger partial charge in [-0.15, -0.1) is 0 Å². The van der Waals surface area contributed by atoms with Crippen molar-refractivity contribution in [2.75, 3.05) is 11.9 Å². The van der Waals surface area contributed by atoms with Crippen LogP contribution in [0.4, 0.5) is 10.5 Å².